The van der Waals surface area contributed by atoms with Crippen LogP contribution in [0.3, 0.4) is 0 Å². The lowest BCUT2D eigenvalue weighted by molar-refractivity contribution is -0.123. The quantitative estimate of drug-likeness (QED) is 0.499. The average Bonchev–Trinajstić information content (AvgIpc) is 2.77. The Bertz CT molecular complexity index is 1290. The fourth-order valence-corrected chi connectivity index (χ4v) is 3.90. The molecule has 0 fully saturated rings. The number of aryl methyl sites for hydroxylation is 1. The van der Waals surface area contributed by atoms with Crippen LogP contribution in [0.1, 0.15) is 22.8 Å². The number of benzene rings is 3. The molecule has 0 aliphatic rings. The SMILES string of the molecule is Cc1ccccc1NS(=O)(=O)c1ccc(C(=O)OC(C)C(=O)Nc2cc(F)ccc2F)cc1. The number of carbonyl (C=O) groups is 2. The van der Waals surface area contributed by atoms with E-state index in [1.807, 2.05) is 0 Å². The second kappa shape index (κ2) is 9.78. The van der Waals surface area contributed by atoms with Crippen molar-refractivity contribution in [1.29, 1.82) is 0 Å². The molecular weight excluding hydrogens is 454 g/mol. The molecular formula is C23H20F2N2O5S. The normalized spacial score (nSPS) is 12.0. The van der Waals surface area contributed by atoms with Crippen molar-refractivity contribution >= 4 is 33.3 Å². The van der Waals surface area contributed by atoms with Crippen LogP contribution in [0.2, 0.25) is 0 Å². The summed E-state index contributed by atoms with van der Waals surface area (Å²) in [7, 11) is -3.89. The number of rotatable bonds is 7. The number of amides is 1. The van der Waals surface area contributed by atoms with Crippen molar-refractivity contribution in [2.45, 2.75) is 24.8 Å². The molecule has 1 atom stereocenters. The number of hydrogen-bond acceptors (Lipinski definition) is 5. The van der Waals surface area contributed by atoms with Gasteiger partial charge in [0.25, 0.3) is 15.9 Å². The minimum absolute atomic E-state index is 0.00132. The van der Waals surface area contributed by atoms with E-state index in [2.05, 4.69) is 10.0 Å². The van der Waals surface area contributed by atoms with E-state index in [0.717, 1.165) is 23.8 Å². The fourth-order valence-electron chi connectivity index (χ4n) is 2.77. The molecule has 3 aromatic rings. The maximum absolute atomic E-state index is 13.7. The van der Waals surface area contributed by atoms with Gasteiger partial charge in [-0.05, 0) is 61.9 Å². The maximum atomic E-state index is 13.7. The van der Waals surface area contributed by atoms with Gasteiger partial charge >= 0.3 is 5.97 Å². The number of carbonyl (C=O) groups excluding carboxylic acids is 2. The van der Waals surface area contributed by atoms with E-state index in [9.17, 15) is 26.8 Å². The molecule has 0 heterocycles. The molecule has 3 rings (SSSR count). The Balaban J connectivity index is 1.65. The van der Waals surface area contributed by atoms with E-state index in [1.54, 1.807) is 31.2 Å². The van der Waals surface area contributed by atoms with Gasteiger partial charge in [-0.3, -0.25) is 9.52 Å². The van der Waals surface area contributed by atoms with Crippen LogP contribution in [0, 0.1) is 18.6 Å². The van der Waals surface area contributed by atoms with E-state index in [-0.39, 0.29) is 10.5 Å². The molecule has 33 heavy (non-hydrogen) atoms. The molecule has 0 spiro atoms. The maximum Gasteiger partial charge on any atom is 0.338 e. The molecule has 0 radical (unpaired) electrons. The summed E-state index contributed by atoms with van der Waals surface area (Å²) in [5, 5.41) is 2.15. The summed E-state index contributed by atoms with van der Waals surface area (Å²) in [5.74, 6) is -3.36. The largest absolute Gasteiger partial charge is 0.449 e. The molecule has 3 aromatic carbocycles. The van der Waals surface area contributed by atoms with Crippen molar-refractivity contribution in [3.8, 4) is 0 Å². The molecule has 0 aliphatic heterocycles. The predicted molar refractivity (Wildman–Crippen MR) is 118 cm³/mol. The molecule has 1 amide bonds. The standard InChI is InChI=1S/C23H20F2N2O5S/c1-14-5-3-4-6-20(14)27-33(30,31)18-10-7-16(8-11-18)23(29)32-15(2)22(28)26-21-13-17(24)9-12-19(21)25/h3-13,15,27H,1-2H3,(H,26,28). The van der Waals surface area contributed by atoms with Crippen molar-refractivity contribution in [3.05, 3.63) is 89.5 Å². The molecule has 10 heteroatoms. The van der Waals surface area contributed by atoms with Crippen LogP contribution in [-0.2, 0) is 19.6 Å². The second-order valence-electron chi connectivity index (χ2n) is 7.11. The molecule has 0 aromatic heterocycles. The van der Waals surface area contributed by atoms with Crippen LogP contribution < -0.4 is 10.0 Å². The average molecular weight is 474 g/mol. The molecule has 0 bridgehead atoms. The van der Waals surface area contributed by atoms with Gasteiger partial charge in [0.1, 0.15) is 11.6 Å². The van der Waals surface area contributed by atoms with Gasteiger partial charge in [-0.2, -0.15) is 0 Å². The summed E-state index contributed by atoms with van der Waals surface area (Å²) in [6, 6.07) is 14.3. The fraction of sp³-hybridized carbons (Fsp3) is 0.130. The zero-order valence-corrected chi connectivity index (χ0v) is 18.5. The van der Waals surface area contributed by atoms with Crippen molar-refractivity contribution < 1.29 is 31.5 Å². The second-order valence-corrected chi connectivity index (χ2v) is 8.79. The molecule has 1 unspecified atom stereocenters. The number of hydrogen-bond donors (Lipinski definition) is 2. The number of esters is 1. The van der Waals surface area contributed by atoms with Crippen molar-refractivity contribution in [2.24, 2.45) is 0 Å². The van der Waals surface area contributed by atoms with Crippen molar-refractivity contribution in [1.82, 2.24) is 0 Å². The third-order valence-electron chi connectivity index (χ3n) is 4.63. The third-order valence-corrected chi connectivity index (χ3v) is 6.01. The van der Waals surface area contributed by atoms with Gasteiger partial charge in [0.15, 0.2) is 6.10 Å². The summed E-state index contributed by atoms with van der Waals surface area (Å²) in [4.78, 5) is 24.4. The number of halogens is 2. The lowest BCUT2D eigenvalue weighted by atomic mass is 10.2. The first-order valence-electron chi connectivity index (χ1n) is 9.72. The molecule has 7 nitrogen and oxygen atoms in total. The van der Waals surface area contributed by atoms with Crippen LogP contribution >= 0.6 is 0 Å². The third kappa shape index (κ3) is 5.92. The lowest BCUT2D eigenvalue weighted by Gasteiger charge is -2.14. The first-order valence-corrected chi connectivity index (χ1v) is 11.2. The van der Waals surface area contributed by atoms with Gasteiger partial charge in [0.05, 0.1) is 21.8 Å². The molecule has 0 saturated carbocycles. The number of para-hydroxylation sites is 1. The first-order chi connectivity index (χ1) is 15.6. The monoisotopic (exact) mass is 474 g/mol. The highest BCUT2D eigenvalue weighted by Gasteiger charge is 2.21. The molecule has 0 aliphatic carbocycles. The highest BCUT2D eigenvalue weighted by atomic mass is 32.2. The highest BCUT2D eigenvalue weighted by Crippen LogP contribution is 2.20. The van der Waals surface area contributed by atoms with Gasteiger partial charge in [-0.15, -0.1) is 0 Å². The number of anilines is 2. The Labute approximate surface area is 189 Å². The topological polar surface area (TPSA) is 102 Å². The smallest absolute Gasteiger partial charge is 0.338 e. The molecule has 172 valence electrons. The summed E-state index contributed by atoms with van der Waals surface area (Å²) in [5.41, 5.74) is 0.780. The van der Waals surface area contributed by atoms with Crippen molar-refractivity contribution in [3.63, 3.8) is 0 Å². The van der Waals surface area contributed by atoms with Gasteiger partial charge in [0, 0.05) is 6.07 Å². The zero-order valence-electron chi connectivity index (χ0n) is 17.6. The summed E-state index contributed by atoms with van der Waals surface area (Å²) in [6.45, 7) is 3.02. The van der Waals surface area contributed by atoms with E-state index in [4.69, 9.17) is 4.74 Å². The van der Waals surface area contributed by atoms with Gasteiger partial charge in [-0.1, -0.05) is 18.2 Å². The Kier molecular flexibility index (Phi) is 7.07. The van der Waals surface area contributed by atoms with E-state index in [0.29, 0.717) is 5.69 Å². The Morgan fingerprint density at radius 2 is 1.61 bits per heavy atom. The van der Waals surface area contributed by atoms with Crippen LogP contribution in [0.5, 0.6) is 0 Å². The van der Waals surface area contributed by atoms with Gasteiger partial charge in [0.2, 0.25) is 0 Å². The van der Waals surface area contributed by atoms with Gasteiger partial charge < -0.3 is 10.1 Å². The number of ether oxygens (including phenoxy) is 1. The van der Waals surface area contributed by atoms with Crippen LogP contribution in [0.25, 0.3) is 0 Å². The summed E-state index contributed by atoms with van der Waals surface area (Å²) >= 11 is 0. The lowest BCUT2D eigenvalue weighted by Crippen LogP contribution is -2.30. The van der Waals surface area contributed by atoms with Crippen molar-refractivity contribution in [2.75, 3.05) is 10.0 Å². The first kappa shape index (κ1) is 23.9. The number of nitrogens with one attached hydrogen (secondary N) is 2. The zero-order chi connectivity index (χ0) is 24.2. The molecule has 0 saturated heterocycles. The number of sulfonamides is 1. The minimum atomic E-state index is -3.89. The summed E-state index contributed by atoms with van der Waals surface area (Å²) < 4.78 is 59.6. The Morgan fingerprint density at radius 1 is 0.939 bits per heavy atom. The minimum Gasteiger partial charge on any atom is -0.449 e. The Morgan fingerprint density at radius 3 is 2.27 bits per heavy atom. The van der Waals surface area contributed by atoms with Crippen LogP contribution in [0.15, 0.2) is 71.6 Å². The van der Waals surface area contributed by atoms with E-state index >= 15 is 0 Å². The van der Waals surface area contributed by atoms with E-state index < -0.39 is 45.3 Å². The Hall–Kier alpha value is -3.79. The van der Waals surface area contributed by atoms with Crippen LogP contribution in [-0.4, -0.2) is 26.4 Å². The highest BCUT2D eigenvalue weighted by molar-refractivity contribution is 7.92. The summed E-state index contributed by atoms with van der Waals surface area (Å²) in [6.07, 6.45) is -1.33. The van der Waals surface area contributed by atoms with Gasteiger partial charge in [-0.25, -0.2) is 22.0 Å². The van der Waals surface area contributed by atoms with Crippen LogP contribution in [0.4, 0.5) is 20.2 Å². The molecule has 2 N–H and O–H groups in total. The predicted octanol–water partition coefficient (Wildman–Crippen LogP) is 4.26. The van der Waals surface area contributed by atoms with E-state index in [1.165, 1.54) is 31.2 Å².